The van der Waals surface area contributed by atoms with E-state index in [1.54, 1.807) is 13.8 Å². The second-order valence-electron chi connectivity index (χ2n) is 1.85. The van der Waals surface area contributed by atoms with Crippen LogP contribution in [0.15, 0.2) is 0 Å². The molecule has 0 rings (SSSR count). The first-order chi connectivity index (χ1) is 3.98. The van der Waals surface area contributed by atoms with Crippen molar-refractivity contribution in [1.82, 2.24) is 0 Å². The van der Waals surface area contributed by atoms with E-state index in [1.807, 2.05) is 0 Å². The van der Waals surface area contributed by atoms with Crippen LogP contribution in [-0.2, 0) is 9.09 Å². The molecule has 9 heavy (non-hydrogen) atoms. The lowest BCUT2D eigenvalue weighted by molar-refractivity contribution is 0.249. The van der Waals surface area contributed by atoms with E-state index in [0.717, 1.165) is 0 Å². The number of hydrogen-bond donors (Lipinski definition) is 1. The molecule has 1 unspecified atom stereocenters. The summed E-state index contributed by atoms with van der Waals surface area (Å²) in [6.45, 7) is 3.33. The fourth-order valence-electron chi connectivity index (χ4n) is 0.337. The van der Waals surface area contributed by atoms with E-state index in [9.17, 15) is 4.57 Å². The number of nitriles is 1. The van der Waals surface area contributed by atoms with E-state index in [0.29, 0.717) is 0 Å². The minimum Gasteiger partial charge on any atom is -0.305 e. The molecule has 4 nitrogen and oxygen atoms in total. The molecule has 0 spiro atoms. The quantitative estimate of drug-likeness (QED) is 0.593. The zero-order valence-electron chi connectivity index (χ0n) is 5.37. The molecular weight excluding hydrogens is 139 g/mol. The zero-order chi connectivity index (χ0) is 7.49. The van der Waals surface area contributed by atoms with Crippen molar-refractivity contribution in [1.29, 1.82) is 5.26 Å². The minimum absolute atomic E-state index is 0.263. The van der Waals surface area contributed by atoms with Crippen molar-refractivity contribution in [2.45, 2.75) is 20.0 Å². The maximum atomic E-state index is 10.6. The highest BCUT2D eigenvalue weighted by Gasteiger charge is 2.16. The smallest absolute Gasteiger partial charge is 0.305 e. The molecule has 0 fully saturated rings. The Labute approximate surface area is 54.1 Å². The van der Waals surface area contributed by atoms with Crippen LogP contribution in [0.5, 0.6) is 0 Å². The number of hydrogen-bond acceptors (Lipinski definition) is 3. The second-order valence-corrected chi connectivity index (χ2v) is 3.46. The summed E-state index contributed by atoms with van der Waals surface area (Å²) in [7, 11) is -3.42. The predicted molar refractivity (Wildman–Crippen MR) is 33.6 cm³/mol. The van der Waals surface area contributed by atoms with Crippen LogP contribution in [0.3, 0.4) is 0 Å². The third-order valence-corrected chi connectivity index (χ3v) is 1.52. The molecule has 0 saturated carbocycles. The third kappa shape index (κ3) is 4.16. The summed E-state index contributed by atoms with van der Waals surface area (Å²) in [5, 5.41) is 8.08. The van der Waals surface area contributed by atoms with Gasteiger partial charge in [0, 0.05) is 0 Å². The van der Waals surface area contributed by atoms with Gasteiger partial charge in [0.1, 0.15) is 0 Å². The molecule has 1 atom stereocenters. The number of rotatable bonds is 2. The Morgan fingerprint density at radius 3 is 2.33 bits per heavy atom. The van der Waals surface area contributed by atoms with Crippen LogP contribution in [0.1, 0.15) is 13.8 Å². The molecule has 2 N–H and O–H groups in total. The molecule has 0 radical (unpaired) electrons. The maximum Gasteiger partial charge on any atom is 0.366 e. The highest BCUT2D eigenvalue weighted by molar-refractivity contribution is 7.61. The van der Waals surface area contributed by atoms with Crippen molar-refractivity contribution in [3.8, 4) is 5.81 Å². The summed E-state index contributed by atoms with van der Waals surface area (Å²) in [5.41, 5.74) is 4.89. The van der Waals surface area contributed by atoms with Gasteiger partial charge in [-0.05, 0) is 13.8 Å². The van der Waals surface area contributed by atoms with Gasteiger partial charge in [-0.25, -0.2) is 5.50 Å². The van der Waals surface area contributed by atoms with Crippen molar-refractivity contribution in [2.24, 2.45) is 5.50 Å². The predicted octanol–water partition coefficient (Wildman–Crippen LogP) is 1.04. The normalized spacial score (nSPS) is 16.8. The average Bonchev–Trinajstić information content (AvgIpc) is 1.63. The molecule has 0 heterocycles. The lowest BCUT2D eigenvalue weighted by Crippen LogP contribution is -2.04. The largest absolute Gasteiger partial charge is 0.366 e. The highest BCUT2D eigenvalue weighted by Crippen LogP contribution is 2.36. The Kier molecular flexibility index (Phi) is 2.86. The Hall–Kier alpha value is -0.360. The molecule has 0 amide bonds. The van der Waals surface area contributed by atoms with Crippen LogP contribution in [0.25, 0.3) is 0 Å². The van der Waals surface area contributed by atoms with E-state index in [4.69, 9.17) is 10.8 Å². The molecule has 0 bridgehead atoms. The van der Waals surface area contributed by atoms with Crippen molar-refractivity contribution < 1.29 is 9.09 Å². The summed E-state index contributed by atoms with van der Waals surface area (Å²) in [4.78, 5) is 0. The fourth-order valence-corrected chi connectivity index (χ4v) is 1.01. The van der Waals surface area contributed by atoms with Crippen LogP contribution in [0, 0.1) is 11.1 Å². The monoisotopic (exact) mass is 148 g/mol. The fraction of sp³-hybridized carbons (Fsp3) is 0.750. The van der Waals surface area contributed by atoms with Crippen LogP contribution in [0.4, 0.5) is 0 Å². The summed E-state index contributed by atoms with van der Waals surface area (Å²) in [5.74, 6) is 1.38. The lowest BCUT2D eigenvalue weighted by Gasteiger charge is -2.07. The molecule has 52 valence electrons. The van der Waals surface area contributed by atoms with Gasteiger partial charge >= 0.3 is 7.52 Å². The van der Waals surface area contributed by atoms with Crippen molar-refractivity contribution >= 4 is 7.52 Å². The molecule has 0 aliphatic heterocycles. The van der Waals surface area contributed by atoms with E-state index in [2.05, 4.69) is 4.52 Å². The van der Waals surface area contributed by atoms with Gasteiger partial charge in [0.25, 0.3) is 0 Å². The van der Waals surface area contributed by atoms with Gasteiger partial charge in [0.15, 0.2) is 5.81 Å². The first kappa shape index (κ1) is 8.64. The molecule has 5 heteroatoms. The van der Waals surface area contributed by atoms with Crippen molar-refractivity contribution in [3.05, 3.63) is 0 Å². The minimum atomic E-state index is -3.42. The standard InChI is InChI=1S/C4H9N2O2P/c1-4(2)8-9(6,7)3-5/h4H,1-2H3,(H2,6,7). The molecule has 0 aromatic carbocycles. The van der Waals surface area contributed by atoms with Crippen LogP contribution in [-0.4, -0.2) is 6.10 Å². The van der Waals surface area contributed by atoms with E-state index >= 15 is 0 Å². The molecule has 0 aromatic rings. The topological polar surface area (TPSA) is 76.1 Å². The first-order valence-electron chi connectivity index (χ1n) is 2.46. The van der Waals surface area contributed by atoms with Gasteiger partial charge in [-0.2, -0.15) is 5.26 Å². The molecule has 0 aromatic heterocycles. The lowest BCUT2D eigenvalue weighted by atomic mass is 10.5. The molecule has 0 aliphatic rings. The Bertz CT molecular complexity index is 172. The van der Waals surface area contributed by atoms with Gasteiger partial charge in [-0.3, -0.25) is 4.57 Å². The van der Waals surface area contributed by atoms with Crippen LogP contribution >= 0.6 is 7.52 Å². The van der Waals surface area contributed by atoms with E-state index < -0.39 is 7.52 Å². The summed E-state index contributed by atoms with van der Waals surface area (Å²) in [6, 6.07) is 0. The average molecular weight is 148 g/mol. The summed E-state index contributed by atoms with van der Waals surface area (Å²) >= 11 is 0. The van der Waals surface area contributed by atoms with Gasteiger partial charge in [-0.1, -0.05) is 0 Å². The second kappa shape index (κ2) is 2.98. The Morgan fingerprint density at radius 1 is 1.78 bits per heavy atom. The molecule has 0 saturated heterocycles. The zero-order valence-corrected chi connectivity index (χ0v) is 6.26. The molecular formula is C4H9N2O2P. The number of nitrogens with zero attached hydrogens (tertiary/aromatic N) is 1. The molecule has 0 aliphatic carbocycles. The van der Waals surface area contributed by atoms with Crippen molar-refractivity contribution in [3.63, 3.8) is 0 Å². The van der Waals surface area contributed by atoms with Crippen molar-refractivity contribution in [2.75, 3.05) is 0 Å². The SMILES string of the molecule is CC(C)OP(N)(=O)C#N. The van der Waals surface area contributed by atoms with Gasteiger partial charge in [0.05, 0.1) is 6.10 Å². The Morgan fingerprint density at radius 2 is 2.22 bits per heavy atom. The summed E-state index contributed by atoms with van der Waals surface area (Å²) < 4.78 is 15.1. The van der Waals surface area contributed by atoms with Gasteiger partial charge < -0.3 is 4.52 Å². The van der Waals surface area contributed by atoms with Gasteiger partial charge in [0.2, 0.25) is 0 Å². The first-order valence-corrected chi connectivity index (χ1v) is 4.15. The van der Waals surface area contributed by atoms with E-state index in [1.165, 1.54) is 5.81 Å². The van der Waals surface area contributed by atoms with Crippen LogP contribution in [0.2, 0.25) is 0 Å². The Balaban J connectivity index is 3.93. The number of nitrogens with two attached hydrogens (primary N) is 1. The highest BCUT2D eigenvalue weighted by atomic mass is 31.2. The third-order valence-electron chi connectivity index (χ3n) is 0.507. The van der Waals surface area contributed by atoms with Gasteiger partial charge in [-0.15, -0.1) is 0 Å². The maximum absolute atomic E-state index is 10.6. The van der Waals surface area contributed by atoms with Crippen LogP contribution < -0.4 is 5.50 Å². The summed E-state index contributed by atoms with van der Waals surface area (Å²) in [6.07, 6.45) is -0.263. The van der Waals surface area contributed by atoms with E-state index in [-0.39, 0.29) is 6.10 Å².